The fourth-order valence-electron chi connectivity index (χ4n) is 2.98. The van der Waals surface area contributed by atoms with Crippen LogP contribution in [0, 0.1) is 5.92 Å². The number of rotatable bonds is 4. The maximum absolute atomic E-state index is 10.5. The van der Waals surface area contributed by atoms with E-state index >= 15 is 0 Å². The summed E-state index contributed by atoms with van der Waals surface area (Å²) in [4.78, 5) is 0. The Labute approximate surface area is 118 Å². The molecule has 2 rings (SSSR count). The van der Waals surface area contributed by atoms with Crippen molar-refractivity contribution in [2.45, 2.75) is 44.8 Å². The van der Waals surface area contributed by atoms with Crippen molar-refractivity contribution >= 4 is 0 Å². The lowest BCUT2D eigenvalue weighted by Gasteiger charge is -2.35. The fourth-order valence-corrected chi connectivity index (χ4v) is 2.98. The van der Waals surface area contributed by atoms with Gasteiger partial charge in [-0.2, -0.15) is 0 Å². The summed E-state index contributed by atoms with van der Waals surface area (Å²) in [6.45, 7) is 2.93. The molecule has 1 saturated carbocycles. The zero-order valence-corrected chi connectivity index (χ0v) is 11.8. The number of hydrogen-bond donors (Lipinski definition) is 5. The van der Waals surface area contributed by atoms with Crippen molar-refractivity contribution in [2.24, 2.45) is 5.92 Å². The summed E-state index contributed by atoms with van der Waals surface area (Å²) in [6, 6.07) is 2.88. The van der Waals surface area contributed by atoms with Gasteiger partial charge in [0.25, 0.3) is 0 Å². The van der Waals surface area contributed by atoms with Crippen LogP contribution in [-0.4, -0.2) is 32.6 Å². The van der Waals surface area contributed by atoms with Gasteiger partial charge in [0.15, 0.2) is 11.5 Å². The van der Waals surface area contributed by atoms with Gasteiger partial charge < -0.3 is 25.7 Å². The SMILES string of the molecule is CC1CCCC(O)(CNCc2ccc(O)c(O)c2O)C1. The van der Waals surface area contributed by atoms with Gasteiger partial charge in [-0.05, 0) is 24.8 Å². The van der Waals surface area contributed by atoms with Crippen LogP contribution in [0.3, 0.4) is 0 Å². The van der Waals surface area contributed by atoms with Crippen LogP contribution in [0.2, 0.25) is 0 Å². The molecule has 0 amide bonds. The normalized spacial score (nSPS) is 26.6. The largest absolute Gasteiger partial charge is 0.504 e. The Morgan fingerprint density at radius 1 is 1.25 bits per heavy atom. The van der Waals surface area contributed by atoms with Gasteiger partial charge in [0.1, 0.15) is 0 Å². The van der Waals surface area contributed by atoms with Gasteiger partial charge in [-0.3, -0.25) is 0 Å². The lowest BCUT2D eigenvalue weighted by molar-refractivity contribution is -0.0119. The molecule has 5 heteroatoms. The molecule has 0 spiro atoms. The van der Waals surface area contributed by atoms with Crippen LogP contribution in [0.15, 0.2) is 12.1 Å². The van der Waals surface area contributed by atoms with Crippen molar-refractivity contribution in [3.63, 3.8) is 0 Å². The predicted molar refractivity (Wildman–Crippen MR) is 75.7 cm³/mol. The topological polar surface area (TPSA) is 93.0 Å². The maximum Gasteiger partial charge on any atom is 0.200 e. The Morgan fingerprint density at radius 3 is 2.70 bits per heavy atom. The van der Waals surface area contributed by atoms with Gasteiger partial charge in [-0.25, -0.2) is 0 Å². The van der Waals surface area contributed by atoms with Crippen LogP contribution < -0.4 is 5.32 Å². The number of aromatic hydroxyl groups is 3. The fraction of sp³-hybridized carbons (Fsp3) is 0.600. The number of phenols is 3. The van der Waals surface area contributed by atoms with E-state index in [4.69, 9.17) is 0 Å². The minimum Gasteiger partial charge on any atom is -0.504 e. The quantitative estimate of drug-likeness (QED) is 0.543. The second-order valence-electron chi connectivity index (χ2n) is 5.97. The van der Waals surface area contributed by atoms with E-state index < -0.39 is 11.4 Å². The Balaban J connectivity index is 1.91. The molecule has 0 aromatic heterocycles. The molecule has 0 aliphatic heterocycles. The van der Waals surface area contributed by atoms with Crippen molar-refractivity contribution in [1.29, 1.82) is 0 Å². The first-order chi connectivity index (χ1) is 9.41. The summed E-state index contributed by atoms with van der Waals surface area (Å²) >= 11 is 0. The number of benzene rings is 1. The van der Waals surface area contributed by atoms with Crippen LogP contribution in [0.1, 0.15) is 38.2 Å². The van der Waals surface area contributed by atoms with E-state index in [1.165, 1.54) is 6.07 Å². The van der Waals surface area contributed by atoms with E-state index in [1.54, 1.807) is 6.07 Å². The Morgan fingerprint density at radius 2 is 2.00 bits per heavy atom. The summed E-state index contributed by atoms with van der Waals surface area (Å²) in [5.41, 5.74) is -0.195. The van der Waals surface area contributed by atoms with Gasteiger partial charge >= 0.3 is 0 Å². The molecule has 112 valence electrons. The number of hydrogen-bond acceptors (Lipinski definition) is 5. The molecule has 5 nitrogen and oxygen atoms in total. The smallest absolute Gasteiger partial charge is 0.200 e. The molecule has 1 aliphatic carbocycles. The highest BCUT2D eigenvalue weighted by Crippen LogP contribution is 2.37. The van der Waals surface area contributed by atoms with Crippen molar-refractivity contribution in [3.8, 4) is 17.2 Å². The van der Waals surface area contributed by atoms with Gasteiger partial charge in [0, 0.05) is 18.7 Å². The van der Waals surface area contributed by atoms with E-state index in [0.29, 0.717) is 24.6 Å². The minimum absolute atomic E-state index is 0.318. The van der Waals surface area contributed by atoms with Crippen LogP contribution in [0.4, 0.5) is 0 Å². The molecule has 2 unspecified atom stereocenters. The van der Waals surface area contributed by atoms with E-state index in [9.17, 15) is 20.4 Å². The van der Waals surface area contributed by atoms with E-state index in [-0.39, 0.29) is 11.5 Å². The Kier molecular flexibility index (Phi) is 4.40. The molecule has 1 aromatic carbocycles. The average Bonchev–Trinajstić information content (AvgIpc) is 2.38. The number of aliphatic hydroxyl groups is 1. The molecule has 1 aliphatic rings. The molecule has 1 aromatic rings. The van der Waals surface area contributed by atoms with Crippen LogP contribution >= 0.6 is 0 Å². The summed E-state index contributed by atoms with van der Waals surface area (Å²) in [7, 11) is 0. The van der Waals surface area contributed by atoms with Crippen molar-refractivity contribution < 1.29 is 20.4 Å². The number of nitrogens with one attached hydrogen (secondary N) is 1. The highest BCUT2D eigenvalue weighted by Gasteiger charge is 2.32. The third kappa shape index (κ3) is 3.35. The van der Waals surface area contributed by atoms with Crippen molar-refractivity contribution in [2.75, 3.05) is 6.54 Å². The molecule has 0 bridgehead atoms. The highest BCUT2D eigenvalue weighted by molar-refractivity contribution is 5.52. The van der Waals surface area contributed by atoms with Gasteiger partial charge in [-0.1, -0.05) is 25.8 Å². The number of phenolic OH excluding ortho intramolecular Hbond substituents is 3. The van der Waals surface area contributed by atoms with E-state index in [2.05, 4.69) is 12.2 Å². The minimum atomic E-state index is -0.688. The lowest BCUT2D eigenvalue weighted by atomic mass is 9.79. The van der Waals surface area contributed by atoms with Crippen LogP contribution in [-0.2, 0) is 6.54 Å². The second-order valence-corrected chi connectivity index (χ2v) is 5.97. The van der Waals surface area contributed by atoms with Gasteiger partial charge in [0.2, 0.25) is 5.75 Å². The first-order valence-corrected chi connectivity index (χ1v) is 7.07. The molecular formula is C15H23NO4. The average molecular weight is 281 g/mol. The molecular weight excluding hydrogens is 258 g/mol. The molecule has 0 radical (unpaired) electrons. The summed E-state index contributed by atoms with van der Waals surface area (Å²) in [5.74, 6) is -0.636. The Hall–Kier alpha value is -1.46. The van der Waals surface area contributed by atoms with Gasteiger partial charge in [-0.15, -0.1) is 0 Å². The zero-order chi connectivity index (χ0) is 14.8. The maximum atomic E-state index is 10.5. The molecule has 5 N–H and O–H groups in total. The molecule has 2 atom stereocenters. The van der Waals surface area contributed by atoms with Crippen LogP contribution in [0.5, 0.6) is 17.2 Å². The first-order valence-electron chi connectivity index (χ1n) is 7.07. The summed E-state index contributed by atoms with van der Waals surface area (Å²) in [5, 5.41) is 42.0. The van der Waals surface area contributed by atoms with Crippen molar-refractivity contribution in [1.82, 2.24) is 5.32 Å². The second kappa shape index (κ2) is 5.89. The highest BCUT2D eigenvalue weighted by atomic mass is 16.3. The van der Waals surface area contributed by atoms with Gasteiger partial charge in [0.05, 0.1) is 5.60 Å². The third-order valence-corrected chi connectivity index (χ3v) is 4.05. The first kappa shape index (κ1) is 14.9. The third-order valence-electron chi connectivity index (χ3n) is 4.05. The molecule has 20 heavy (non-hydrogen) atoms. The monoisotopic (exact) mass is 281 g/mol. The lowest BCUT2D eigenvalue weighted by Crippen LogP contribution is -2.43. The zero-order valence-electron chi connectivity index (χ0n) is 11.8. The summed E-state index contributed by atoms with van der Waals surface area (Å²) < 4.78 is 0. The van der Waals surface area contributed by atoms with Crippen LogP contribution in [0.25, 0.3) is 0 Å². The molecule has 1 fully saturated rings. The van der Waals surface area contributed by atoms with E-state index in [1.807, 2.05) is 0 Å². The standard InChI is InChI=1S/C15H23NO4/c1-10-3-2-6-15(20,7-10)9-16-8-11-4-5-12(17)14(19)13(11)18/h4-5,10,16-20H,2-3,6-9H2,1H3. The molecule has 0 heterocycles. The summed E-state index contributed by atoms with van der Waals surface area (Å²) in [6.07, 6.45) is 3.77. The molecule has 0 saturated heterocycles. The van der Waals surface area contributed by atoms with E-state index in [0.717, 1.165) is 25.7 Å². The Bertz CT molecular complexity index is 477. The predicted octanol–water partition coefficient (Wildman–Crippen LogP) is 1.83. The van der Waals surface area contributed by atoms with Crippen molar-refractivity contribution in [3.05, 3.63) is 17.7 Å².